The monoisotopic (exact) mass is 196 g/mol. The Labute approximate surface area is 85.8 Å². The molecule has 2 unspecified atom stereocenters. The molecule has 0 amide bonds. The van der Waals surface area contributed by atoms with E-state index in [1.54, 1.807) is 6.20 Å². The molecule has 0 fully saturated rings. The standard InChI is InChI=1S/C10H20N4/c1-7(5-11)9-6-13-10(12-3)8(2)14(9)4/h5-6,8,10,12-13H,11H2,1-4H3/b7-5+. The van der Waals surface area contributed by atoms with E-state index in [0.717, 1.165) is 11.3 Å². The molecule has 80 valence electrons. The molecular formula is C10H20N4. The second-order valence-electron chi connectivity index (χ2n) is 3.66. The van der Waals surface area contributed by atoms with E-state index in [9.17, 15) is 0 Å². The van der Waals surface area contributed by atoms with Gasteiger partial charge in [0.1, 0.15) is 0 Å². The molecule has 4 nitrogen and oxygen atoms in total. The molecule has 4 N–H and O–H groups in total. The van der Waals surface area contributed by atoms with Crippen LogP contribution in [-0.2, 0) is 0 Å². The Kier molecular flexibility index (Phi) is 3.41. The molecule has 0 bridgehead atoms. The number of rotatable bonds is 2. The molecule has 0 aliphatic carbocycles. The molecular weight excluding hydrogens is 176 g/mol. The fourth-order valence-electron chi connectivity index (χ4n) is 1.65. The van der Waals surface area contributed by atoms with Crippen LogP contribution in [0.3, 0.4) is 0 Å². The summed E-state index contributed by atoms with van der Waals surface area (Å²) in [7, 11) is 4.03. The predicted molar refractivity (Wildman–Crippen MR) is 59.2 cm³/mol. The molecule has 0 aromatic rings. The number of nitrogens with two attached hydrogens (primary N) is 1. The summed E-state index contributed by atoms with van der Waals surface area (Å²) in [5.74, 6) is 0. The van der Waals surface area contributed by atoms with Gasteiger partial charge in [0, 0.05) is 13.2 Å². The number of nitrogens with one attached hydrogen (secondary N) is 2. The van der Waals surface area contributed by atoms with Crippen molar-refractivity contribution >= 4 is 0 Å². The van der Waals surface area contributed by atoms with Crippen LogP contribution in [-0.4, -0.2) is 31.2 Å². The second-order valence-corrected chi connectivity index (χ2v) is 3.66. The van der Waals surface area contributed by atoms with Gasteiger partial charge in [0.15, 0.2) is 0 Å². The lowest BCUT2D eigenvalue weighted by atomic mass is 10.1. The van der Waals surface area contributed by atoms with Gasteiger partial charge in [-0.2, -0.15) is 0 Å². The first kappa shape index (κ1) is 10.9. The largest absolute Gasteiger partial charge is 0.404 e. The first-order valence-corrected chi connectivity index (χ1v) is 4.87. The van der Waals surface area contributed by atoms with Gasteiger partial charge in [-0.1, -0.05) is 0 Å². The van der Waals surface area contributed by atoms with Crippen molar-refractivity contribution in [2.45, 2.75) is 26.1 Å². The lowest BCUT2D eigenvalue weighted by molar-refractivity contribution is 0.226. The molecule has 0 aromatic carbocycles. The molecule has 2 atom stereocenters. The molecule has 0 radical (unpaired) electrons. The predicted octanol–water partition coefficient (Wildman–Crippen LogP) is 0.159. The number of hydrogen-bond donors (Lipinski definition) is 3. The summed E-state index contributed by atoms with van der Waals surface area (Å²) >= 11 is 0. The van der Waals surface area contributed by atoms with Crippen LogP contribution >= 0.6 is 0 Å². The van der Waals surface area contributed by atoms with Gasteiger partial charge in [0.2, 0.25) is 0 Å². The molecule has 1 aliphatic heterocycles. The second kappa shape index (κ2) is 4.37. The Bertz CT molecular complexity index is 257. The Hall–Kier alpha value is -1.16. The van der Waals surface area contributed by atoms with Crippen molar-refractivity contribution in [3.8, 4) is 0 Å². The van der Waals surface area contributed by atoms with Gasteiger partial charge >= 0.3 is 0 Å². The minimum absolute atomic E-state index is 0.286. The van der Waals surface area contributed by atoms with E-state index in [0.29, 0.717) is 6.04 Å². The van der Waals surface area contributed by atoms with Crippen LogP contribution < -0.4 is 16.4 Å². The van der Waals surface area contributed by atoms with Gasteiger partial charge in [0.05, 0.1) is 17.9 Å². The van der Waals surface area contributed by atoms with Gasteiger partial charge in [-0.15, -0.1) is 0 Å². The smallest absolute Gasteiger partial charge is 0.0968 e. The van der Waals surface area contributed by atoms with Crippen molar-refractivity contribution in [1.29, 1.82) is 0 Å². The van der Waals surface area contributed by atoms with Crippen molar-refractivity contribution < 1.29 is 0 Å². The lowest BCUT2D eigenvalue weighted by Crippen LogP contribution is -2.55. The summed E-state index contributed by atoms with van der Waals surface area (Å²) in [6.45, 7) is 4.18. The normalized spacial score (nSPS) is 28.4. The Morgan fingerprint density at radius 1 is 1.71 bits per heavy atom. The molecule has 1 aliphatic rings. The van der Waals surface area contributed by atoms with Crippen LogP contribution in [0.2, 0.25) is 0 Å². The average Bonchev–Trinajstić information content (AvgIpc) is 2.21. The lowest BCUT2D eigenvalue weighted by Gasteiger charge is -2.39. The maximum Gasteiger partial charge on any atom is 0.0968 e. The number of nitrogens with zero attached hydrogens (tertiary/aromatic N) is 1. The third-order valence-corrected chi connectivity index (χ3v) is 2.84. The Morgan fingerprint density at radius 3 is 2.86 bits per heavy atom. The molecule has 4 heteroatoms. The van der Waals surface area contributed by atoms with Crippen LogP contribution in [0.15, 0.2) is 23.7 Å². The van der Waals surface area contributed by atoms with Gasteiger partial charge in [-0.05, 0) is 32.7 Å². The fraction of sp³-hybridized carbons (Fsp3) is 0.600. The fourth-order valence-corrected chi connectivity index (χ4v) is 1.65. The zero-order valence-corrected chi connectivity index (χ0v) is 9.33. The third-order valence-electron chi connectivity index (χ3n) is 2.84. The summed E-state index contributed by atoms with van der Waals surface area (Å²) in [6, 6.07) is 0.398. The maximum absolute atomic E-state index is 5.50. The number of allylic oxidation sites excluding steroid dienone is 1. The zero-order chi connectivity index (χ0) is 10.7. The van der Waals surface area contributed by atoms with E-state index in [1.165, 1.54) is 0 Å². The highest BCUT2D eigenvalue weighted by molar-refractivity contribution is 5.29. The molecule has 1 rings (SSSR count). The van der Waals surface area contributed by atoms with E-state index in [2.05, 4.69) is 29.5 Å². The molecule has 0 saturated heterocycles. The van der Waals surface area contributed by atoms with Crippen molar-refractivity contribution in [3.63, 3.8) is 0 Å². The Balaban J connectivity index is 2.86. The highest BCUT2D eigenvalue weighted by atomic mass is 15.3. The number of hydrogen-bond acceptors (Lipinski definition) is 4. The van der Waals surface area contributed by atoms with E-state index in [-0.39, 0.29) is 6.17 Å². The highest BCUT2D eigenvalue weighted by Crippen LogP contribution is 2.19. The summed E-state index contributed by atoms with van der Waals surface area (Å²) in [4.78, 5) is 2.22. The first-order chi connectivity index (χ1) is 6.61. The van der Waals surface area contributed by atoms with Crippen LogP contribution in [0.25, 0.3) is 0 Å². The van der Waals surface area contributed by atoms with E-state index >= 15 is 0 Å². The number of likely N-dealkylation sites (N-methyl/N-ethyl adjacent to an activating group) is 2. The van der Waals surface area contributed by atoms with E-state index < -0.39 is 0 Å². The van der Waals surface area contributed by atoms with E-state index in [4.69, 9.17) is 5.73 Å². The van der Waals surface area contributed by atoms with Crippen LogP contribution in [0.1, 0.15) is 13.8 Å². The summed E-state index contributed by atoms with van der Waals surface area (Å²) < 4.78 is 0. The Morgan fingerprint density at radius 2 is 2.36 bits per heavy atom. The summed E-state index contributed by atoms with van der Waals surface area (Å²) in [5.41, 5.74) is 7.73. The van der Waals surface area contributed by atoms with Gasteiger partial charge < -0.3 is 16.0 Å². The molecule has 14 heavy (non-hydrogen) atoms. The van der Waals surface area contributed by atoms with Crippen LogP contribution in [0.5, 0.6) is 0 Å². The van der Waals surface area contributed by atoms with Crippen LogP contribution in [0, 0.1) is 0 Å². The molecule has 0 aromatic heterocycles. The summed E-state index contributed by atoms with van der Waals surface area (Å²) in [5, 5.41) is 6.52. The van der Waals surface area contributed by atoms with Crippen molar-refractivity contribution in [2.75, 3.05) is 14.1 Å². The maximum atomic E-state index is 5.50. The minimum Gasteiger partial charge on any atom is -0.404 e. The van der Waals surface area contributed by atoms with E-state index in [1.807, 2.05) is 20.2 Å². The molecule has 0 spiro atoms. The third kappa shape index (κ3) is 1.85. The average molecular weight is 196 g/mol. The summed E-state index contributed by atoms with van der Waals surface area (Å²) in [6.07, 6.45) is 3.92. The SMILES string of the molecule is CNC1NC=C(/C(C)=C/N)N(C)C1C. The quantitative estimate of drug-likeness (QED) is 0.589. The minimum atomic E-state index is 0.286. The van der Waals surface area contributed by atoms with Crippen molar-refractivity contribution in [2.24, 2.45) is 5.73 Å². The van der Waals surface area contributed by atoms with Crippen molar-refractivity contribution in [1.82, 2.24) is 15.5 Å². The van der Waals surface area contributed by atoms with Crippen LogP contribution in [0.4, 0.5) is 0 Å². The first-order valence-electron chi connectivity index (χ1n) is 4.87. The van der Waals surface area contributed by atoms with Crippen molar-refractivity contribution in [3.05, 3.63) is 23.7 Å². The topological polar surface area (TPSA) is 53.3 Å². The van der Waals surface area contributed by atoms with Gasteiger partial charge in [-0.25, -0.2) is 0 Å². The highest BCUT2D eigenvalue weighted by Gasteiger charge is 2.25. The molecule has 0 saturated carbocycles. The zero-order valence-electron chi connectivity index (χ0n) is 9.33. The van der Waals surface area contributed by atoms with Gasteiger partial charge in [0.25, 0.3) is 0 Å². The van der Waals surface area contributed by atoms with Gasteiger partial charge in [-0.3, -0.25) is 5.32 Å². The molecule has 1 heterocycles.